The second-order valence-electron chi connectivity index (χ2n) is 0.143. The van der Waals surface area contributed by atoms with Crippen molar-refractivity contribution in [1.29, 1.82) is 0 Å². The van der Waals surface area contributed by atoms with Crippen LogP contribution in [0, 0.1) is 0 Å². The predicted octanol–water partition coefficient (Wildman–Crippen LogP) is 1.24. The van der Waals surface area contributed by atoms with Gasteiger partial charge in [-0.1, -0.05) is 0 Å². The fraction of sp³-hybridized carbons (Fsp3) is 0. The molecule has 0 spiro atoms. The molecule has 0 rings (SSSR count). The molecule has 47 valence electrons. The second-order valence-corrected chi connectivity index (χ2v) is 7.61. The van der Waals surface area contributed by atoms with E-state index in [9.17, 15) is 0 Å². The third-order valence-electron chi connectivity index (χ3n) is 0. The van der Waals surface area contributed by atoms with E-state index in [0.29, 0.717) is 0 Å². The van der Waals surface area contributed by atoms with E-state index in [4.69, 9.17) is 29.1 Å². The minimum Gasteiger partial charge on any atom is 0 e. The molecule has 0 atom stereocenters. The van der Waals surface area contributed by atoms with Crippen molar-refractivity contribution in [2.45, 2.75) is 0 Å². The Morgan fingerprint density at radius 2 is 1.00 bits per heavy atom. The first-order chi connectivity index (χ1) is 1.73. The van der Waals surface area contributed by atoms with Crippen LogP contribution in [0.3, 0.4) is 0 Å². The van der Waals surface area contributed by atoms with Gasteiger partial charge in [0.2, 0.25) is 0 Å². The molecular weight excluding hydrogens is 328 g/mol. The molecular formula is H2Cl3ORh2. The molecule has 0 bridgehead atoms. The molecule has 1 radical (unpaired) electrons. The minimum atomic E-state index is -1.66. The van der Waals surface area contributed by atoms with Gasteiger partial charge in [-0.3, -0.25) is 0 Å². The summed E-state index contributed by atoms with van der Waals surface area (Å²) in [5.41, 5.74) is 0. The quantitative estimate of drug-likeness (QED) is 0.599. The van der Waals surface area contributed by atoms with Crippen molar-refractivity contribution in [2.75, 3.05) is 0 Å². The molecule has 0 heterocycles. The molecule has 0 aliphatic carbocycles. The molecule has 0 aromatic carbocycles. The molecule has 2 N–H and O–H groups in total. The first kappa shape index (κ1) is 15.7. The Kier molecular flexibility index (Phi) is 26.5. The maximum absolute atomic E-state index is 4.94. The van der Waals surface area contributed by atoms with Gasteiger partial charge in [-0.05, 0) is 0 Å². The molecule has 0 aromatic heterocycles. The van der Waals surface area contributed by atoms with Crippen LogP contribution in [0.4, 0.5) is 0 Å². The van der Waals surface area contributed by atoms with Crippen LogP contribution in [-0.2, 0) is 32.5 Å². The number of halogens is 3. The molecule has 0 fully saturated rings. The van der Waals surface area contributed by atoms with Crippen molar-refractivity contribution in [3.8, 4) is 0 Å². The van der Waals surface area contributed by atoms with E-state index in [-0.39, 0.29) is 25.0 Å². The first-order valence-corrected chi connectivity index (χ1v) is 6.71. The van der Waals surface area contributed by atoms with Gasteiger partial charge in [-0.15, -0.1) is 0 Å². The topological polar surface area (TPSA) is 31.5 Å². The molecule has 0 saturated heterocycles. The summed E-state index contributed by atoms with van der Waals surface area (Å²) in [6, 6.07) is 0. The van der Waals surface area contributed by atoms with Crippen LogP contribution in [0.5, 0.6) is 0 Å². The minimum absolute atomic E-state index is 0. The van der Waals surface area contributed by atoms with Crippen LogP contribution in [0.2, 0.25) is 0 Å². The second kappa shape index (κ2) is 10.1. The SMILES string of the molecule is O.[Cl][Rh]([Cl])[Cl].[Rh]. The average Bonchev–Trinajstić information content (AvgIpc) is 0.811. The van der Waals surface area contributed by atoms with E-state index in [1.165, 1.54) is 0 Å². The smallest absolute Gasteiger partial charge is 0 e. The van der Waals surface area contributed by atoms with Gasteiger partial charge in [0, 0.05) is 19.5 Å². The Labute approximate surface area is 66.4 Å². The Hall–Kier alpha value is 2.08. The summed E-state index contributed by atoms with van der Waals surface area (Å²) in [6.45, 7) is 0. The zero-order chi connectivity index (χ0) is 3.58. The molecule has 6 heteroatoms. The van der Waals surface area contributed by atoms with Crippen molar-refractivity contribution in [2.24, 2.45) is 0 Å². The van der Waals surface area contributed by atoms with E-state index >= 15 is 0 Å². The zero-order valence-corrected chi connectivity index (χ0v) is 7.85. The third-order valence-corrected chi connectivity index (χ3v) is 0. The standard InChI is InChI=1S/3ClH.H2O.2Rh/h3*1H;1H2;;/q;;;;;+3/p-3. The van der Waals surface area contributed by atoms with Crippen molar-refractivity contribution >= 4 is 29.1 Å². The van der Waals surface area contributed by atoms with Crippen LogP contribution in [0.25, 0.3) is 0 Å². The summed E-state index contributed by atoms with van der Waals surface area (Å²) in [4.78, 5) is 0. The average molecular weight is 330 g/mol. The predicted molar refractivity (Wildman–Crippen MR) is 21.2 cm³/mol. The molecule has 0 aromatic rings. The van der Waals surface area contributed by atoms with E-state index in [2.05, 4.69) is 0 Å². The first-order valence-electron chi connectivity index (χ1n) is 0.378. The number of rotatable bonds is 0. The normalized spacial score (nSPS) is 7.50. The molecule has 0 aliphatic heterocycles. The van der Waals surface area contributed by atoms with E-state index < -0.39 is 13.0 Å². The van der Waals surface area contributed by atoms with Crippen LogP contribution in [0.15, 0.2) is 0 Å². The fourth-order valence-corrected chi connectivity index (χ4v) is 0. The zero-order valence-electron chi connectivity index (χ0n) is 2.30. The Balaban J connectivity index is -0.0000000450. The fourth-order valence-electron chi connectivity index (χ4n) is 0. The van der Waals surface area contributed by atoms with Gasteiger partial charge < -0.3 is 5.48 Å². The van der Waals surface area contributed by atoms with Crippen LogP contribution in [-0.4, -0.2) is 5.48 Å². The summed E-state index contributed by atoms with van der Waals surface area (Å²) in [5.74, 6) is 0. The van der Waals surface area contributed by atoms with Crippen molar-refractivity contribution < 1.29 is 37.9 Å². The largest absolute Gasteiger partial charge is 0 e. The van der Waals surface area contributed by atoms with Gasteiger partial charge in [-0.25, -0.2) is 0 Å². The number of hydrogen-bond acceptors (Lipinski definition) is 0. The molecule has 6 heavy (non-hydrogen) atoms. The molecule has 0 aliphatic rings. The molecule has 0 saturated carbocycles. The van der Waals surface area contributed by atoms with Crippen molar-refractivity contribution in [1.82, 2.24) is 0 Å². The summed E-state index contributed by atoms with van der Waals surface area (Å²) < 4.78 is 0. The van der Waals surface area contributed by atoms with E-state index in [1.807, 2.05) is 0 Å². The summed E-state index contributed by atoms with van der Waals surface area (Å²) >= 11 is -1.66. The van der Waals surface area contributed by atoms with E-state index in [1.54, 1.807) is 0 Å². The Bertz CT molecular complexity index is 13.5. The molecule has 1 nitrogen and oxygen atoms in total. The van der Waals surface area contributed by atoms with Crippen molar-refractivity contribution in [3.63, 3.8) is 0 Å². The van der Waals surface area contributed by atoms with Gasteiger partial charge in [0.1, 0.15) is 0 Å². The Morgan fingerprint density at radius 3 is 1.00 bits per heavy atom. The van der Waals surface area contributed by atoms with Gasteiger partial charge in [-0.2, -0.15) is 0 Å². The summed E-state index contributed by atoms with van der Waals surface area (Å²) in [6.07, 6.45) is 0. The van der Waals surface area contributed by atoms with Crippen LogP contribution in [0.1, 0.15) is 0 Å². The van der Waals surface area contributed by atoms with Gasteiger partial charge >= 0.3 is 42.1 Å². The van der Waals surface area contributed by atoms with Crippen LogP contribution < -0.4 is 0 Å². The Morgan fingerprint density at radius 1 is 1.00 bits per heavy atom. The molecule has 0 unspecified atom stereocenters. The summed E-state index contributed by atoms with van der Waals surface area (Å²) in [7, 11) is 14.8. The van der Waals surface area contributed by atoms with Gasteiger partial charge in [0.05, 0.1) is 0 Å². The summed E-state index contributed by atoms with van der Waals surface area (Å²) in [5, 5.41) is 0. The van der Waals surface area contributed by atoms with Gasteiger partial charge in [0.15, 0.2) is 0 Å². The van der Waals surface area contributed by atoms with Crippen molar-refractivity contribution in [3.05, 3.63) is 0 Å². The monoisotopic (exact) mass is 329 g/mol. The maximum Gasteiger partial charge on any atom is 0 e. The van der Waals surface area contributed by atoms with Crippen LogP contribution >= 0.6 is 29.1 Å². The van der Waals surface area contributed by atoms with E-state index in [0.717, 1.165) is 0 Å². The third kappa shape index (κ3) is 36.3. The maximum atomic E-state index is 4.94. The van der Waals surface area contributed by atoms with Gasteiger partial charge in [0.25, 0.3) is 0 Å². The molecule has 0 amide bonds. The number of hydrogen-bond donors (Lipinski definition) is 0.